The first-order chi connectivity index (χ1) is 14.9. The molecule has 2 saturated heterocycles. The maximum atomic E-state index is 13.1. The molecule has 0 N–H and O–H groups in total. The fourth-order valence-electron chi connectivity index (χ4n) is 4.45. The second kappa shape index (κ2) is 8.78. The highest BCUT2D eigenvalue weighted by Crippen LogP contribution is 2.26. The van der Waals surface area contributed by atoms with Crippen molar-refractivity contribution in [2.75, 3.05) is 39.3 Å². The molecule has 0 bridgehead atoms. The van der Waals surface area contributed by atoms with E-state index < -0.39 is 0 Å². The molecule has 4 amide bonds. The van der Waals surface area contributed by atoms with Crippen LogP contribution in [0.1, 0.15) is 64.2 Å². The van der Waals surface area contributed by atoms with Crippen LogP contribution in [0.2, 0.25) is 0 Å². The summed E-state index contributed by atoms with van der Waals surface area (Å²) in [5, 5.41) is 0. The number of nitrogens with zero attached hydrogens (tertiary/aromatic N) is 3. The van der Waals surface area contributed by atoms with Crippen molar-refractivity contribution in [2.24, 2.45) is 5.92 Å². The lowest BCUT2D eigenvalue weighted by Gasteiger charge is -2.24. The lowest BCUT2D eigenvalue weighted by atomic mass is 10.0. The molecule has 3 aliphatic heterocycles. The number of ether oxygens (including phenoxy) is 1. The summed E-state index contributed by atoms with van der Waals surface area (Å²) < 4.78 is 5.51. The summed E-state index contributed by atoms with van der Waals surface area (Å²) in [7, 11) is 0. The van der Waals surface area contributed by atoms with Crippen LogP contribution in [0.4, 0.5) is 0 Å². The van der Waals surface area contributed by atoms with E-state index in [1.807, 2.05) is 13.8 Å². The van der Waals surface area contributed by atoms with Crippen LogP contribution in [0.5, 0.6) is 0 Å². The number of carbonyl (C=O) groups is 4. The van der Waals surface area contributed by atoms with E-state index in [0.717, 1.165) is 12.8 Å². The predicted molar refractivity (Wildman–Crippen MR) is 113 cm³/mol. The van der Waals surface area contributed by atoms with Gasteiger partial charge < -0.3 is 14.5 Å². The first-order valence-corrected chi connectivity index (χ1v) is 11.1. The summed E-state index contributed by atoms with van der Waals surface area (Å²) in [4.78, 5) is 55.8. The molecule has 1 aromatic carbocycles. The number of rotatable bonds is 4. The lowest BCUT2D eigenvalue weighted by molar-refractivity contribution is -0.140. The van der Waals surface area contributed by atoms with Crippen LogP contribution in [0.3, 0.4) is 0 Å². The third-order valence-electron chi connectivity index (χ3n) is 6.07. The molecule has 166 valence electrons. The molecule has 1 atom stereocenters. The van der Waals surface area contributed by atoms with Crippen molar-refractivity contribution in [3.05, 3.63) is 34.9 Å². The quantitative estimate of drug-likeness (QED) is 0.684. The number of fused-ring (bicyclic) bond motifs is 1. The molecule has 0 spiro atoms. The molecule has 3 aliphatic rings. The number of imide groups is 1. The average molecular weight is 428 g/mol. The van der Waals surface area contributed by atoms with E-state index in [0.29, 0.717) is 62.4 Å². The van der Waals surface area contributed by atoms with Gasteiger partial charge in [-0.2, -0.15) is 0 Å². The molecule has 0 aromatic heterocycles. The number of benzene rings is 1. The Balaban J connectivity index is 1.45. The highest BCUT2D eigenvalue weighted by Gasteiger charge is 2.37. The Morgan fingerprint density at radius 1 is 1.00 bits per heavy atom. The Morgan fingerprint density at radius 3 is 2.42 bits per heavy atom. The van der Waals surface area contributed by atoms with Crippen molar-refractivity contribution in [3.63, 3.8) is 0 Å². The van der Waals surface area contributed by atoms with Gasteiger partial charge in [-0.05, 0) is 43.4 Å². The Morgan fingerprint density at radius 2 is 1.71 bits per heavy atom. The molecular formula is C23H29N3O5. The minimum Gasteiger partial charge on any atom is -0.368 e. The topological polar surface area (TPSA) is 87.2 Å². The van der Waals surface area contributed by atoms with Gasteiger partial charge in [-0.15, -0.1) is 0 Å². The van der Waals surface area contributed by atoms with Crippen LogP contribution in [-0.2, 0) is 9.53 Å². The molecule has 31 heavy (non-hydrogen) atoms. The van der Waals surface area contributed by atoms with Crippen molar-refractivity contribution in [2.45, 2.75) is 39.2 Å². The van der Waals surface area contributed by atoms with E-state index in [1.54, 1.807) is 28.0 Å². The second-order valence-corrected chi connectivity index (χ2v) is 8.85. The summed E-state index contributed by atoms with van der Waals surface area (Å²) in [5.41, 5.74) is 1.04. The van der Waals surface area contributed by atoms with Crippen LogP contribution in [0.25, 0.3) is 0 Å². The smallest absolute Gasteiger partial charge is 0.261 e. The SMILES string of the molecule is CC(C)CN1C(=O)c2ccc(C(=O)N3CCCN(C(=O)C4CCCO4)CC3)cc2C1=O. The summed E-state index contributed by atoms with van der Waals surface area (Å²) in [6.45, 7) is 6.92. The Labute approximate surface area is 182 Å². The van der Waals surface area contributed by atoms with Gasteiger partial charge in [0.05, 0.1) is 11.1 Å². The summed E-state index contributed by atoms with van der Waals surface area (Å²) >= 11 is 0. The molecule has 1 aromatic rings. The van der Waals surface area contributed by atoms with Crippen LogP contribution in [-0.4, -0.2) is 83.8 Å². The molecule has 4 rings (SSSR count). The number of hydrogen-bond acceptors (Lipinski definition) is 5. The minimum absolute atomic E-state index is 0.0127. The minimum atomic E-state index is -0.351. The van der Waals surface area contributed by atoms with Crippen LogP contribution < -0.4 is 0 Å². The van der Waals surface area contributed by atoms with Crippen LogP contribution >= 0.6 is 0 Å². The van der Waals surface area contributed by atoms with Gasteiger partial charge in [-0.3, -0.25) is 24.1 Å². The molecular weight excluding hydrogens is 398 g/mol. The highest BCUT2D eigenvalue weighted by molar-refractivity contribution is 6.22. The van der Waals surface area contributed by atoms with E-state index in [2.05, 4.69) is 0 Å². The van der Waals surface area contributed by atoms with Crippen molar-refractivity contribution < 1.29 is 23.9 Å². The van der Waals surface area contributed by atoms with Gasteiger partial charge in [-0.25, -0.2) is 0 Å². The molecule has 1 unspecified atom stereocenters. The van der Waals surface area contributed by atoms with Gasteiger partial charge in [0.15, 0.2) is 0 Å². The van der Waals surface area contributed by atoms with E-state index in [4.69, 9.17) is 4.74 Å². The van der Waals surface area contributed by atoms with Gasteiger partial charge in [-0.1, -0.05) is 13.8 Å². The number of hydrogen-bond donors (Lipinski definition) is 0. The van der Waals surface area contributed by atoms with Gasteiger partial charge in [0.1, 0.15) is 6.10 Å². The van der Waals surface area contributed by atoms with E-state index in [-0.39, 0.29) is 35.7 Å². The molecule has 0 aliphatic carbocycles. The molecule has 0 saturated carbocycles. The Kier molecular flexibility index (Phi) is 6.09. The molecule has 8 heteroatoms. The second-order valence-electron chi connectivity index (χ2n) is 8.85. The lowest BCUT2D eigenvalue weighted by Crippen LogP contribution is -2.41. The maximum absolute atomic E-state index is 13.1. The van der Waals surface area contributed by atoms with E-state index in [1.165, 1.54) is 4.90 Å². The Bertz CT molecular complexity index is 906. The number of amides is 4. The fraction of sp³-hybridized carbons (Fsp3) is 0.565. The molecule has 0 radical (unpaired) electrons. The van der Waals surface area contributed by atoms with Crippen LogP contribution in [0, 0.1) is 5.92 Å². The van der Waals surface area contributed by atoms with E-state index in [9.17, 15) is 19.2 Å². The van der Waals surface area contributed by atoms with Crippen molar-refractivity contribution >= 4 is 23.6 Å². The molecule has 2 fully saturated rings. The standard InChI is InChI=1S/C23H29N3O5/c1-15(2)14-26-21(28)17-7-6-16(13-18(17)22(26)29)20(27)24-8-4-9-25(11-10-24)23(30)19-5-3-12-31-19/h6-7,13,15,19H,3-5,8-12,14H2,1-2H3. The summed E-state index contributed by atoms with van der Waals surface area (Å²) in [6, 6.07) is 4.73. The van der Waals surface area contributed by atoms with Crippen molar-refractivity contribution in [1.29, 1.82) is 0 Å². The van der Waals surface area contributed by atoms with Crippen molar-refractivity contribution in [1.82, 2.24) is 14.7 Å². The third kappa shape index (κ3) is 4.21. The van der Waals surface area contributed by atoms with Gasteiger partial charge in [0.2, 0.25) is 0 Å². The zero-order chi connectivity index (χ0) is 22.1. The monoisotopic (exact) mass is 427 g/mol. The average Bonchev–Trinajstić information content (AvgIpc) is 3.28. The molecule has 3 heterocycles. The van der Waals surface area contributed by atoms with E-state index >= 15 is 0 Å². The maximum Gasteiger partial charge on any atom is 0.261 e. The first kappa shape index (κ1) is 21.5. The van der Waals surface area contributed by atoms with Gasteiger partial charge >= 0.3 is 0 Å². The normalized spacial score (nSPS) is 21.6. The third-order valence-corrected chi connectivity index (χ3v) is 6.07. The fourth-order valence-corrected chi connectivity index (χ4v) is 4.45. The number of carbonyl (C=O) groups excluding carboxylic acids is 4. The highest BCUT2D eigenvalue weighted by atomic mass is 16.5. The predicted octanol–water partition coefficient (Wildman–Crippen LogP) is 1.79. The summed E-state index contributed by atoms with van der Waals surface area (Å²) in [5.74, 6) is -0.644. The zero-order valence-corrected chi connectivity index (χ0v) is 18.1. The van der Waals surface area contributed by atoms with Gasteiger partial charge in [0.25, 0.3) is 23.6 Å². The first-order valence-electron chi connectivity index (χ1n) is 11.1. The summed E-state index contributed by atoms with van der Waals surface area (Å²) in [6.07, 6.45) is 2.00. The zero-order valence-electron chi connectivity index (χ0n) is 18.1. The largest absolute Gasteiger partial charge is 0.368 e. The molecule has 8 nitrogen and oxygen atoms in total. The van der Waals surface area contributed by atoms with Crippen molar-refractivity contribution in [3.8, 4) is 0 Å². The Hall–Kier alpha value is -2.74. The van der Waals surface area contributed by atoms with Crippen LogP contribution in [0.15, 0.2) is 18.2 Å². The van der Waals surface area contributed by atoms with Gasteiger partial charge in [0, 0.05) is 44.9 Å².